The maximum Gasteiger partial charge on any atom is 0.417 e. The predicted molar refractivity (Wildman–Crippen MR) is 82.4 cm³/mol. The Labute approximate surface area is 138 Å². The molecule has 1 aromatic rings. The summed E-state index contributed by atoms with van der Waals surface area (Å²) in [4.78, 5) is 46.7. The summed E-state index contributed by atoms with van der Waals surface area (Å²) in [5.74, 6) is -3.14. The minimum absolute atomic E-state index is 0.143. The van der Waals surface area contributed by atoms with Gasteiger partial charge in [-0.2, -0.15) is 0 Å². The second kappa shape index (κ2) is 9.26. The molecule has 0 unspecified atom stereocenters. The maximum absolute atomic E-state index is 12.2. The zero-order valence-electron chi connectivity index (χ0n) is 12.9. The molecule has 0 bridgehead atoms. The molecular formula is C15H19N3O6. The van der Waals surface area contributed by atoms with E-state index in [4.69, 9.17) is 16.2 Å². The van der Waals surface area contributed by atoms with Crippen LogP contribution in [-0.2, 0) is 25.7 Å². The fraction of sp³-hybridized carbons (Fsp3) is 0.333. The summed E-state index contributed by atoms with van der Waals surface area (Å²) in [6.07, 6.45) is -1.78. The standard InChI is InChI=1S/C15H19N3O6/c16-8-13(20)18(11(14(21)22)6-7-12(17)19)15(23)24-9-10-4-2-1-3-5-10/h1-5,11H,6-9,16H2,(H2,17,19)(H,21,22)/t11-/m0/s1. The number of rotatable bonds is 8. The van der Waals surface area contributed by atoms with Crippen molar-refractivity contribution < 1.29 is 29.0 Å². The summed E-state index contributed by atoms with van der Waals surface area (Å²) in [5.41, 5.74) is 10.9. The van der Waals surface area contributed by atoms with Crippen molar-refractivity contribution in [3.63, 3.8) is 0 Å². The number of carbonyl (C=O) groups is 4. The molecule has 0 fully saturated rings. The molecule has 130 valence electrons. The van der Waals surface area contributed by atoms with Crippen LogP contribution in [0.3, 0.4) is 0 Å². The number of amides is 3. The van der Waals surface area contributed by atoms with E-state index in [1.165, 1.54) is 0 Å². The van der Waals surface area contributed by atoms with E-state index in [1.54, 1.807) is 30.3 Å². The van der Waals surface area contributed by atoms with Crippen molar-refractivity contribution in [2.24, 2.45) is 11.5 Å². The zero-order chi connectivity index (χ0) is 18.1. The van der Waals surface area contributed by atoms with E-state index < -0.39 is 36.5 Å². The van der Waals surface area contributed by atoms with Crippen LogP contribution in [0.25, 0.3) is 0 Å². The number of primary amides is 1. The van der Waals surface area contributed by atoms with Crippen LogP contribution in [0.15, 0.2) is 30.3 Å². The Balaban J connectivity index is 2.88. The average Bonchev–Trinajstić information content (AvgIpc) is 2.56. The fourth-order valence-electron chi connectivity index (χ4n) is 1.93. The van der Waals surface area contributed by atoms with E-state index in [-0.39, 0.29) is 19.4 Å². The molecule has 0 aliphatic rings. The fourth-order valence-corrected chi connectivity index (χ4v) is 1.93. The molecule has 0 saturated carbocycles. The number of carboxylic acids is 1. The predicted octanol–water partition coefficient (Wildman–Crippen LogP) is -0.171. The van der Waals surface area contributed by atoms with Crippen molar-refractivity contribution >= 4 is 23.9 Å². The van der Waals surface area contributed by atoms with E-state index >= 15 is 0 Å². The van der Waals surface area contributed by atoms with Gasteiger partial charge in [-0.25, -0.2) is 14.5 Å². The number of aliphatic carboxylic acids is 1. The normalized spacial score (nSPS) is 11.4. The molecule has 24 heavy (non-hydrogen) atoms. The second-order valence-corrected chi connectivity index (χ2v) is 4.87. The van der Waals surface area contributed by atoms with Crippen molar-refractivity contribution in [2.45, 2.75) is 25.5 Å². The number of hydrogen-bond acceptors (Lipinski definition) is 6. The number of nitrogens with zero attached hydrogens (tertiary/aromatic N) is 1. The number of carbonyl (C=O) groups excluding carboxylic acids is 3. The van der Waals surface area contributed by atoms with E-state index in [0.717, 1.165) is 0 Å². The highest BCUT2D eigenvalue weighted by molar-refractivity contribution is 5.97. The maximum atomic E-state index is 12.2. The Morgan fingerprint density at radius 1 is 1.17 bits per heavy atom. The minimum Gasteiger partial charge on any atom is -0.480 e. The molecule has 0 aliphatic heterocycles. The van der Waals surface area contributed by atoms with Crippen LogP contribution in [0, 0.1) is 0 Å². The first-order valence-electron chi connectivity index (χ1n) is 7.10. The Kier molecular flexibility index (Phi) is 7.37. The Morgan fingerprint density at radius 2 is 1.79 bits per heavy atom. The van der Waals surface area contributed by atoms with Crippen LogP contribution in [0.1, 0.15) is 18.4 Å². The third-order valence-corrected chi connectivity index (χ3v) is 3.11. The van der Waals surface area contributed by atoms with Gasteiger partial charge < -0.3 is 21.3 Å². The van der Waals surface area contributed by atoms with Gasteiger partial charge in [0.05, 0.1) is 6.54 Å². The first-order valence-corrected chi connectivity index (χ1v) is 7.10. The Hall–Kier alpha value is -2.94. The molecule has 0 heterocycles. The second-order valence-electron chi connectivity index (χ2n) is 4.87. The van der Waals surface area contributed by atoms with Crippen LogP contribution >= 0.6 is 0 Å². The van der Waals surface area contributed by atoms with Gasteiger partial charge in [0.25, 0.3) is 0 Å². The molecule has 3 amide bonds. The van der Waals surface area contributed by atoms with Gasteiger partial charge in [-0.15, -0.1) is 0 Å². The van der Waals surface area contributed by atoms with E-state index in [1.807, 2.05) is 0 Å². The summed E-state index contributed by atoms with van der Waals surface area (Å²) < 4.78 is 4.98. The number of ether oxygens (including phenoxy) is 1. The third kappa shape index (κ3) is 5.69. The highest BCUT2D eigenvalue weighted by atomic mass is 16.6. The molecule has 0 saturated heterocycles. The minimum atomic E-state index is -1.59. The smallest absolute Gasteiger partial charge is 0.417 e. The first kappa shape index (κ1) is 19.1. The van der Waals surface area contributed by atoms with Crippen LogP contribution in [0.4, 0.5) is 4.79 Å². The Bertz CT molecular complexity index is 604. The number of nitrogens with two attached hydrogens (primary N) is 2. The molecule has 1 aromatic carbocycles. The first-order chi connectivity index (χ1) is 11.4. The lowest BCUT2D eigenvalue weighted by Gasteiger charge is -2.25. The summed E-state index contributed by atoms with van der Waals surface area (Å²) in [7, 11) is 0. The monoisotopic (exact) mass is 337 g/mol. The number of benzene rings is 1. The van der Waals surface area contributed by atoms with Crippen molar-refractivity contribution in [3.05, 3.63) is 35.9 Å². The van der Waals surface area contributed by atoms with E-state index in [2.05, 4.69) is 0 Å². The SMILES string of the molecule is NCC(=O)N(C(=O)OCc1ccccc1)[C@@H](CCC(N)=O)C(=O)O. The average molecular weight is 337 g/mol. The summed E-state index contributed by atoms with van der Waals surface area (Å²) in [6.45, 7) is -0.725. The largest absolute Gasteiger partial charge is 0.480 e. The van der Waals surface area contributed by atoms with Crippen LogP contribution in [0.5, 0.6) is 0 Å². The molecule has 9 nitrogen and oxygen atoms in total. The van der Waals surface area contributed by atoms with E-state index in [9.17, 15) is 24.3 Å². The Morgan fingerprint density at radius 3 is 2.29 bits per heavy atom. The highest BCUT2D eigenvalue weighted by Crippen LogP contribution is 2.12. The number of imide groups is 1. The molecule has 0 spiro atoms. The van der Waals surface area contributed by atoms with Gasteiger partial charge >= 0.3 is 12.1 Å². The molecule has 5 N–H and O–H groups in total. The zero-order valence-corrected chi connectivity index (χ0v) is 12.9. The van der Waals surface area contributed by atoms with Gasteiger partial charge in [0.15, 0.2) is 0 Å². The van der Waals surface area contributed by atoms with Crippen molar-refractivity contribution in [1.82, 2.24) is 4.90 Å². The van der Waals surface area contributed by atoms with E-state index in [0.29, 0.717) is 10.5 Å². The highest BCUT2D eigenvalue weighted by Gasteiger charge is 2.35. The molecule has 1 rings (SSSR count). The lowest BCUT2D eigenvalue weighted by atomic mass is 10.1. The topological polar surface area (TPSA) is 153 Å². The van der Waals surface area contributed by atoms with Crippen LogP contribution in [0.2, 0.25) is 0 Å². The van der Waals surface area contributed by atoms with Crippen molar-refractivity contribution in [1.29, 1.82) is 0 Å². The van der Waals surface area contributed by atoms with Crippen LogP contribution < -0.4 is 11.5 Å². The molecule has 1 atom stereocenters. The number of carboxylic acid groups (broad SMARTS) is 1. The van der Waals surface area contributed by atoms with Crippen molar-refractivity contribution in [3.8, 4) is 0 Å². The van der Waals surface area contributed by atoms with Gasteiger partial charge in [0, 0.05) is 6.42 Å². The molecular weight excluding hydrogens is 318 g/mol. The summed E-state index contributed by atoms with van der Waals surface area (Å²) >= 11 is 0. The van der Waals surface area contributed by atoms with Gasteiger partial charge in [0.2, 0.25) is 11.8 Å². The van der Waals surface area contributed by atoms with Crippen molar-refractivity contribution in [2.75, 3.05) is 6.54 Å². The lowest BCUT2D eigenvalue weighted by Crippen LogP contribution is -2.51. The molecule has 0 radical (unpaired) electrons. The summed E-state index contributed by atoms with van der Waals surface area (Å²) in [6, 6.07) is 7.06. The molecule has 0 aromatic heterocycles. The van der Waals surface area contributed by atoms with Gasteiger partial charge in [-0.05, 0) is 12.0 Å². The number of hydrogen-bond donors (Lipinski definition) is 3. The van der Waals surface area contributed by atoms with Gasteiger partial charge in [0.1, 0.15) is 12.6 Å². The molecule has 0 aliphatic carbocycles. The van der Waals surface area contributed by atoms with Gasteiger partial charge in [-0.1, -0.05) is 30.3 Å². The molecule has 9 heteroatoms. The van der Waals surface area contributed by atoms with Gasteiger partial charge in [-0.3, -0.25) is 9.59 Å². The lowest BCUT2D eigenvalue weighted by molar-refractivity contribution is -0.148. The van der Waals surface area contributed by atoms with Crippen LogP contribution in [-0.4, -0.2) is 46.5 Å². The summed E-state index contributed by atoms with van der Waals surface area (Å²) in [5, 5.41) is 9.24. The quantitative estimate of drug-likeness (QED) is 0.595. The third-order valence-electron chi connectivity index (χ3n) is 3.11.